The standard InChI is InChI=1S/C18H25N3O3S2/c1-4-21(5-2)18(15-10-11-25-13-15)12-19-26(23,24)17-8-6-16(7-9-17)20-14(3)22/h6-11,13,18-19H,4-5,12H2,1-3H3,(H,20,22). The normalized spacial score (nSPS) is 12.9. The van der Waals surface area contributed by atoms with Gasteiger partial charge < -0.3 is 5.32 Å². The monoisotopic (exact) mass is 395 g/mol. The molecule has 0 aliphatic heterocycles. The van der Waals surface area contributed by atoms with Crippen LogP contribution in [0.15, 0.2) is 46.0 Å². The topological polar surface area (TPSA) is 78.5 Å². The summed E-state index contributed by atoms with van der Waals surface area (Å²) in [6.45, 7) is 7.52. The molecule has 0 spiro atoms. The number of carbonyl (C=O) groups excluding carboxylic acids is 1. The number of hydrogen-bond donors (Lipinski definition) is 2. The highest BCUT2D eigenvalue weighted by Crippen LogP contribution is 2.23. The van der Waals surface area contributed by atoms with Gasteiger partial charge >= 0.3 is 0 Å². The Hall–Kier alpha value is -1.74. The first-order valence-corrected chi connectivity index (χ1v) is 10.9. The Labute approximate surface area is 159 Å². The zero-order valence-corrected chi connectivity index (χ0v) is 16.9. The molecule has 1 unspecified atom stereocenters. The van der Waals surface area contributed by atoms with Crippen molar-refractivity contribution in [3.8, 4) is 0 Å². The van der Waals surface area contributed by atoms with Crippen LogP contribution in [0.2, 0.25) is 0 Å². The molecule has 0 radical (unpaired) electrons. The fourth-order valence-corrected chi connectivity index (χ4v) is 4.52. The number of sulfonamides is 1. The molecule has 1 amide bonds. The van der Waals surface area contributed by atoms with Crippen LogP contribution in [0, 0.1) is 0 Å². The number of hydrogen-bond acceptors (Lipinski definition) is 5. The second-order valence-electron chi connectivity index (χ2n) is 5.85. The Morgan fingerprint density at radius 2 is 1.81 bits per heavy atom. The third kappa shape index (κ3) is 5.38. The summed E-state index contributed by atoms with van der Waals surface area (Å²) < 4.78 is 28.0. The van der Waals surface area contributed by atoms with Crippen LogP contribution in [0.1, 0.15) is 32.4 Å². The van der Waals surface area contributed by atoms with E-state index in [0.29, 0.717) is 12.2 Å². The number of benzene rings is 1. The molecule has 1 aromatic carbocycles. The van der Waals surface area contributed by atoms with Crippen molar-refractivity contribution in [2.45, 2.75) is 31.7 Å². The summed E-state index contributed by atoms with van der Waals surface area (Å²) in [7, 11) is -3.63. The first-order chi connectivity index (χ1) is 12.4. The highest BCUT2D eigenvalue weighted by Gasteiger charge is 2.22. The fourth-order valence-electron chi connectivity index (χ4n) is 2.78. The summed E-state index contributed by atoms with van der Waals surface area (Å²) in [6, 6.07) is 8.16. The number of nitrogens with one attached hydrogen (secondary N) is 2. The van der Waals surface area contributed by atoms with E-state index in [-0.39, 0.29) is 16.8 Å². The number of thiophene rings is 1. The molecule has 1 atom stereocenters. The third-order valence-corrected chi connectivity index (χ3v) is 6.27. The van der Waals surface area contributed by atoms with Gasteiger partial charge in [-0.15, -0.1) is 0 Å². The molecule has 2 rings (SSSR count). The number of likely N-dealkylation sites (N-methyl/N-ethyl adjacent to an activating group) is 1. The van der Waals surface area contributed by atoms with Gasteiger partial charge in [0, 0.05) is 25.2 Å². The van der Waals surface area contributed by atoms with Crippen LogP contribution in [-0.4, -0.2) is 38.9 Å². The maximum Gasteiger partial charge on any atom is 0.240 e. The van der Waals surface area contributed by atoms with E-state index in [1.54, 1.807) is 23.5 Å². The molecule has 0 aliphatic rings. The van der Waals surface area contributed by atoms with Gasteiger partial charge in [-0.3, -0.25) is 9.69 Å². The molecule has 142 valence electrons. The Morgan fingerprint density at radius 3 is 2.31 bits per heavy atom. The van der Waals surface area contributed by atoms with E-state index in [0.717, 1.165) is 18.7 Å². The maximum atomic E-state index is 12.6. The van der Waals surface area contributed by atoms with E-state index in [4.69, 9.17) is 0 Å². The molecular weight excluding hydrogens is 370 g/mol. The van der Waals surface area contributed by atoms with Crippen molar-refractivity contribution in [1.29, 1.82) is 0 Å². The van der Waals surface area contributed by atoms with Crippen LogP contribution in [0.3, 0.4) is 0 Å². The lowest BCUT2D eigenvalue weighted by Crippen LogP contribution is -2.37. The highest BCUT2D eigenvalue weighted by atomic mass is 32.2. The van der Waals surface area contributed by atoms with Gasteiger partial charge in [-0.05, 0) is 59.7 Å². The van der Waals surface area contributed by atoms with Gasteiger partial charge in [0.1, 0.15) is 0 Å². The first-order valence-electron chi connectivity index (χ1n) is 8.50. The molecule has 1 aromatic heterocycles. The van der Waals surface area contributed by atoms with Gasteiger partial charge in [0.05, 0.1) is 4.90 Å². The fraction of sp³-hybridized carbons (Fsp3) is 0.389. The van der Waals surface area contributed by atoms with Gasteiger partial charge in [0.2, 0.25) is 15.9 Å². The lowest BCUT2D eigenvalue weighted by atomic mass is 10.1. The smallest absolute Gasteiger partial charge is 0.240 e. The zero-order chi connectivity index (χ0) is 19.2. The number of nitrogens with zero attached hydrogens (tertiary/aromatic N) is 1. The predicted octanol–water partition coefficient (Wildman–Crippen LogP) is 3.07. The minimum atomic E-state index is -3.63. The van der Waals surface area contributed by atoms with Crippen LogP contribution in [-0.2, 0) is 14.8 Å². The Bertz CT molecular complexity index is 799. The van der Waals surface area contributed by atoms with Crippen molar-refractivity contribution in [3.05, 3.63) is 46.7 Å². The van der Waals surface area contributed by atoms with E-state index in [9.17, 15) is 13.2 Å². The Morgan fingerprint density at radius 1 is 1.15 bits per heavy atom. The highest BCUT2D eigenvalue weighted by molar-refractivity contribution is 7.89. The van der Waals surface area contributed by atoms with E-state index in [2.05, 4.69) is 34.2 Å². The number of rotatable bonds is 9. The van der Waals surface area contributed by atoms with Crippen LogP contribution >= 0.6 is 11.3 Å². The molecule has 0 saturated heterocycles. The summed E-state index contributed by atoms with van der Waals surface area (Å²) in [5.74, 6) is -0.198. The maximum absolute atomic E-state index is 12.6. The second-order valence-corrected chi connectivity index (χ2v) is 8.40. The molecule has 0 fully saturated rings. The lowest BCUT2D eigenvalue weighted by molar-refractivity contribution is -0.114. The molecule has 8 heteroatoms. The van der Waals surface area contributed by atoms with Crippen LogP contribution in [0.5, 0.6) is 0 Å². The SMILES string of the molecule is CCN(CC)C(CNS(=O)(=O)c1ccc(NC(C)=O)cc1)c1ccsc1. The number of amides is 1. The van der Waals surface area contributed by atoms with E-state index in [1.807, 2.05) is 11.4 Å². The van der Waals surface area contributed by atoms with Crippen molar-refractivity contribution >= 4 is 33.0 Å². The number of carbonyl (C=O) groups is 1. The van der Waals surface area contributed by atoms with Gasteiger partial charge in [-0.25, -0.2) is 13.1 Å². The molecule has 0 aliphatic carbocycles. The molecule has 0 bridgehead atoms. The first kappa shape index (κ1) is 20.6. The van der Waals surface area contributed by atoms with Crippen molar-refractivity contribution in [1.82, 2.24) is 9.62 Å². The summed E-state index contributed by atoms with van der Waals surface area (Å²) in [5, 5.41) is 6.68. The molecule has 2 N–H and O–H groups in total. The molecule has 26 heavy (non-hydrogen) atoms. The summed E-state index contributed by atoms with van der Waals surface area (Å²) in [5.41, 5.74) is 1.68. The summed E-state index contributed by atoms with van der Waals surface area (Å²) in [6.07, 6.45) is 0. The second kappa shape index (κ2) is 9.27. The van der Waals surface area contributed by atoms with Crippen molar-refractivity contribution in [2.24, 2.45) is 0 Å². The Kier molecular flexibility index (Phi) is 7.33. The third-order valence-electron chi connectivity index (χ3n) is 4.13. The minimum Gasteiger partial charge on any atom is -0.326 e. The van der Waals surface area contributed by atoms with Crippen molar-refractivity contribution < 1.29 is 13.2 Å². The average Bonchev–Trinajstić information content (AvgIpc) is 3.12. The van der Waals surface area contributed by atoms with Gasteiger partial charge in [-0.2, -0.15) is 11.3 Å². The number of anilines is 1. The van der Waals surface area contributed by atoms with Gasteiger partial charge in [0.15, 0.2) is 0 Å². The molecule has 2 aromatic rings. The Balaban J connectivity index is 2.13. The molecule has 6 nitrogen and oxygen atoms in total. The zero-order valence-electron chi connectivity index (χ0n) is 15.2. The lowest BCUT2D eigenvalue weighted by Gasteiger charge is -2.29. The molecule has 0 saturated carbocycles. The van der Waals surface area contributed by atoms with Crippen LogP contribution in [0.4, 0.5) is 5.69 Å². The average molecular weight is 396 g/mol. The van der Waals surface area contributed by atoms with Crippen molar-refractivity contribution in [3.63, 3.8) is 0 Å². The van der Waals surface area contributed by atoms with Crippen molar-refractivity contribution in [2.75, 3.05) is 25.0 Å². The quantitative estimate of drug-likeness (QED) is 0.684. The van der Waals surface area contributed by atoms with Crippen LogP contribution in [0.25, 0.3) is 0 Å². The van der Waals surface area contributed by atoms with E-state index < -0.39 is 10.0 Å². The predicted molar refractivity (Wildman–Crippen MR) is 106 cm³/mol. The van der Waals surface area contributed by atoms with E-state index in [1.165, 1.54) is 19.1 Å². The minimum absolute atomic E-state index is 0.00956. The summed E-state index contributed by atoms with van der Waals surface area (Å²) in [4.78, 5) is 13.5. The summed E-state index contributed by atoms with van der Waals surface area (Å²) >= 11 is 1.60. The molecule has 1 heterocycles. The van der Waals surface area contributed by atoms with Gasteiger partial charge in [0.25, 0.3) is 0 Å². The van der Waals surface area contributed by atoms with Crippen LogP contribution < -0.4 is 10.0 Å². The largest absolute Gasteiger partial charge is 0.326 e. The molecular formula is C18H25N3O3S2. The van der Waals surface area contributed by atoms with Gasteiger partial charge in [-0.1, -0.05) is 13.8 Å². The van der Waals surface area contributed by atoms with E-state index >= 15 is 0 Å².